The fourth-order valence-electron chi connectivity index (χ4n) is 4.53. The van der Waals surface area contributed by atoms with Crippen LogP contribution in [0.1, 0.15) is 11.1 Å². The fraction of sp³-hybridized carbons (Fsp3) is 0.0370. The van der Waals surface area contributed by atoms with E-state index in [2.05, 4.69) is 70.1 Å². The molecule has 0 aliphatic rings. The molecule has 1 heterocycles. The molecule has 1 aromatic heterocycles. The van der Waals surface area contributed by atoms with Crippen LogP contribution < -0.4 is 5.43 Å². The van der Waals surface area contributed by atoms with Gasteiger partial charge >= 0.3 is 0 Å². The molecular weight excluding hydrogens is 382 g/mol. The molecule has 0 fully saturated rings. The summed E-state index contributed by atoms with van der Waals surface area (Å²) < 4.78 is 0. The number of nitrogens with zero attached hydrogens (tertiary/aromatic N) is 1. The van der Waals surface area contributed by atoms with Crippen molar-refractivity contribution < 1.29 is 4.79 Å². The second kappa shape index (κ2) is 6.96. The zero-order chi connectivity index (χ0) is 20.8. The van der Waals surface area contributed by atoms with Gasteiger partial charge < -0.3 is 4.98 Å². The van der Waals surface area contributed by atoms with Gasteiger partial charge in [0.05, 0.1) is 12.6 Å². The van der Waals surface area contributed by atoms with Gasteiger partial charge in [0, 0.05) is 22.7 Å². The topological polar surface area (TPSA) is 57.2 Å². The van der Waals surface area contributed by atoms with E-state index in [-0.39, 0.29) is 12.3 Å². The van der Waals surface area contributed by atoms with Crippen LogP contribution in [0.25, 0.3) is 43.2 Å². The van der Waals surface area contributed by atoms with E-state index in [1.54, 1.807) is 6.21 Å². The highest BCUT2D eigenvalue weighted by molar-refractivity contribution is 6.25. The number of hydrogen-bond acceptors (Lipinski definition) is 2. The van der Waals surface area contributed by atoms with Gasteiger partial charge in [-0.25, -0.2) is 5.43 Å². The lowest BCUT2D eigenvalue weighted by molar-refractivity contribution is -0.120. The van der Waals surface area contributed by atoms with E-state index < -0.39 is 0 Å². The zero-order valence-electron chi connectivity index (χ0n) is 16.7. The van der Waals surface area contributed by atoms with E-state index >= 15 is 0 Å². The van der Waals surface area contributed by atoms with Gasteiger partial charge in [0.2, 0.25) is 5.91 Å². The minimum atomic E-state index is -0.140. The van der Waals surface area contributed by atoms with Gasteiger partial charge in [-0.2, -0.15) is 5.10 Å². The molecule has 0 atom stereocenters. The van der Waals surface area contributed by atoms with Gasteiger partial charge in [-0.15, -0.1) is 0 Å². The fourth-order valence-corrected chi connectivity index (χ4v) is 4.53. The first-order valence-corrected chi connectivity index (χ1v) is 10.3. The number of aromatic nitrogens is 1. The summed E-state index contributed by atoms with van der Waals surface area (Å²) >= 11 is 0. The highest BCUT2D eigenvalue weighted by atomic mass is 16.2. The summed E-state index contributed by atoms with van der Waals surface area (Å²) in [5.41, 5.74) is 5.66. The predicted molar refractivity (Wildman–Crippen MR) is 128 cm³/mol. The Morgan fingerprint density at radius 2 is 1.55 bits per heavy atom. The maximum atomic E-state index is 12.4. The van der Waals surface area contributed by atoms with Gasteiger partial charge in [0.15, 0.2) is 0 Å². The smallest absolute Gasteiger partial charge is 0.244 e. The Morgan fingerprint density at radius 3 is 2.42 bits per heavy atom. The quantitative estimate of drug-likeness (QED) is 0.220. The Bertz CT molecular complexity index is 1590. The number of rotatable bonds is 4. The molecule has 1 amide bonds. The third-order valence-corrected chi connectivity index (χ3v) is 5.98. The SMILES string of the molecule is O=C(Cc1c[nH]c2ccccc12)N/N=C/c1ccc2ccc3cccc4ccc1c2c34. The van der Waals surface area contributed by atoms with E-state index in [0.717, 1.165) is 27.4 Å². The number of hydrogen-bond donors (Lipinski definition) is 2. The highest BCUT2D eigenvalue weighted by Crippen LogP contribution is 2.35. The first-order chi connectivity index (χ1) is 15.3. The third-order valence-electron chi connectivity index (χ3n) is 5.98. The molecule has 148 valence electrons. The van der Waals surface area contributed by atoms with Crippen molar-refractivity contribution in [1.82, 2.24) is 10.4 Å². The number of hydrazone groups is 1. The highest BCUT2D eigenvalue weighted by Gasteiger charge is 2.10. The molecule has 6 aromatic rings. The van der Waals surface area contributed by atoms with Gasteiger partial charge in [0.25, 0.3) is 0 Å². The largest absolute Gasteiger partial charge is 0.361 e. The van der Waals surface area contributed by atoms with Gasteiger partial charge in [-0.1, -0.05) is 72.8 Å². The Kier molecular flexibility index (Phi) is 3.96. The summed E-state index contributed by atoms with van der Waals surface area (Å²) in [5.74, 6) is -0.140. The maximum Gasteiger partial charge on any atom is 0.244 e. The van der Waals surface area contributed by atoms with Crippen LogP contribution in [0.15, 0.2) is 90.2 Å². The number of amides is 1. The number of carbonyl (C=O) groups excluding carboxylic acids is 1. The summed E-state index contributed by atoms with van der Waals surface area (Å²) in [6, 6.07) is 27.1. The van der Waals surface area contributed by atoms with Crippen LogP contribution in [0.5, 0.6) is 0 Å². The number of para-hydroxylation sites is 1. The number of H-pyrrole nitrogens is 1. The van der Waals surface area contributed by atoms with Crippen molar-refractivity contribution in [3.8, 4) is 0 Å². The standard InChI is InChI=1S/C27H19N3O/c31-25(14-21-15-28-24-7-2-1-6-22(21)24)30-29-16-20-11-10-19-9-8-17-4-3-5-18-12-13-23(20)27(19)26(17)18/h1-13,15-16,28H,14H2,(H,30,31)/b29-16+. The predicted octanol–water partition coefficient (Wildman–Crippen LogP) is 5.76. The Balaban J connectivity index is 1.30. The van der Waals surface area contributed by atoms with E-state index in [1.165, 1.54) is 26.9 Å². The van der Waals surface area contributed by atoms with Gasteiger partial charge in [-0.3, -0.25) is 4.79 Å². The second-order valence-corrected chi connectivity index (χ2v) is 7.84. The average molecular weight is 401 g/mol. The van der Waals surface area contributed by atoms with E-state index in [1.807, 2.05) is 30.5 Å². The molecule has 6 rings (SSSR count). The number of aromatic amines is 1. The first-order valence-electron chi connectivity index (χ1n) is 10.3. The first kappa shape index (κ1) is 17.7. The van der Waals surface area contributed by atoms with E-state index in [9.17, 15) is 4.79 Å². The summed E-state index contributed by atoms with van der Waals surface area (Å²) in [6.45, 7) is 0. The summed E-state index contributed by atoms with van der Waals surface area (Å²) in [5, 5.41) is 12.6. The van der Waals surface area contributed by atoms with Crippen molar-refractivity contribution in [2.45, 2.75) is 6.42 Å². The van der Waals surface area contributed by atoms with Crippen molar-refractivity contribution in [2.75, 3.05) is 0 Å². The zero-order valence-corrected chi connectivity index (χ0v) is 16.7. The molecule has 0 saturated heterocycles. The van der Waals surface area contributed by atoms with E-state index in [4.69, 9.17) is 0 Å². The Labute approximate surface area is 178 Å². The third kappa shape index (κ3) is 2.92. The molecule has 0 spiro atoms. The molecule has 2 N–H and O–H groups in total. The number of nitrogens with one attached hydrogen (secondary N) is 2. The maximum absolute atomic E-state index is 12.4. The normalized spacial score (nSPS) is 12.0. The summed E-state index contributed by atoms with van der Waals surface area (Å²) in [4.78, 5) is 15.6. The lowest BCUT2D eigenvalue weighted by Gasteiger charge is -2.12. The van der Waals surface area contributed by atoms with Crippen molar-refractivity contribution in [3.05, 3.63) is 96.2 Å². The summed E-state index contributed by atoms with van der Waals surface area (Å²) in [6.07, 6.45) is 3.90. The molecule has 0 aliphatic carbocycles. The Morgan fingerprint density at radius 1 is 0.806 bits per heavy atom. The van der Waals surface area contributed by atoms with Crippen molar-refractivity contribution >= 4 is 55.3 Å². The second-order valence-electron chi connectivity index (χ2n) is 7.84. The molecule has 5 aromatic carbocycles. The molecule has 4 heteroatoms. The van der Waals surface area contributed by atoms with E-state index in [0.29, 0.717) is 0 Å². The van der Waals surface area contributed by atoms with Crippen LogP contribution in [0.2, 0.25) is 0 Å². The molecule has 31 heavy (non-hydrogen) atoms. The van der Waals surface area contributed by atoms with Gasteiger partial charge in [-0.05, 0) is 43.9 Å². The van der Waals surface area contributed by atoms with Crippen LogP contribution in [0, 0.1) is 0 Å². The van der Waals surface area contributed by atoms with Crippen molar-refractivity contribution in [2.24, 2.45) is 5.10 Å². The summed E-state index contributed by atoms with van der Waals surface area (Å²) in [7, 11) is 0. The molecule has 0 unspecified atom stereocenters. The van der Waals surface area contributed by atoms with Crippen LogP contribution in [-0.4, -0.2) is 17.1 Å². The average Bonchev–Trinajstić information content (AvgIpc) is 3.21. The molecule has 0 bridgehead atoms. The lowest BCUT2D eigenvalue weighted by Crippen LogP contribution is -2.19. The van der Waals surface area contributed by atoms with Crippen LogP contribution in [-0.2, 0) is 11.2 Å². The van der Waals surface area contributed by atoms with Crippen LogP contribution in [0.3, 0.4) is 0 Å². The molecular formula is C27H19N3O. The molecule has 0 saturated carbocycles. The molecule has 0 radical (unpaired) electrons. The minimum Gasteiger partial charge on any atom is -0.361 e. The Hall–Kier alpha value is -4.18. The monoisotopic (exact) mass is 401 g/mol. The molecule has 0 aliphatic heterocycles. The van der Waals surface area contributed by atoms with Crippen molar-refractivity contribution in [3.63, 3.8) is 0 Å². The molecule has 4 nitrogen and oxygen atoms in total. The van der Waals surface area contributed by atoms with Crippen LogP contribution >= 0.6 is 0 Å². The van der Waals surface area contributed by atoms with Crippen molar-refractivity contribution in [1.29, 1.82) is 0 Å². The number of benzene rings is 5. The van der Waals surface area contributed by atoms with Crippen LogP contribution in [0.4, 0.5) is 0 Å². The number of carbonyl (C=O) groups is 1. The van der Waals surface area contributed by atoms with Gasteiger partial charge in [0.1, 0.15) is 0 Å². The minimum absolute atomic E-state index is 0.140. The number of fused-ring (bicyclic) bond motifs is 1. The lowest BCUT2D eigenvalue weighted by atomic mass is 9.92.